The zero-order valence-electron chi connectivity index (χ0n) is 8.79. The van der Waals surface area contributed by atoms with Crippen molar-refractivity contribution < 1.29 is 4.74 Å². The first-order valence-corrected chi connectivity index (χ1v) is 5.95. The third-order valence-electron chi connectivity index (χ3n) is 2.62. The van der Waals surface area contributed by atoms with E-state index in [1.807, 2.05) is 12.1 Å². The number of hydrogen-bond donors (Lipinski definition) is 1. The van der Waals surface area contributed by atoms with Crippen LogP contribution in [0.5, 0.6) is 0 Å². The molecule has 0 amide bonds. The summed E-state index contributed by atoms with van der Waals surface area (Å²) in [7, 11) is 0. The number of anilines is 1. The van der Waals surface area contributed by atoms with Crippen molar-refractivity contribution in [2.24, 2.45) is 0 Å². The van der Waals surface area contributed by atoms with Crippen molar-refractivity contribution in [1.29, 1.82) is 0 Å². The zero-order chi connectivity index (χ0) is 10.7. The van der Waals surface area contributed by atoms with Gasteiger partial charge in [0.2, 0.25) is 0 Å². The minimum absolute atomic E-state index is 0.00905. The number of aromatic nitrogens is 1. The van der Waals surface area contributed by atoms with E-state index in [1.54, 1.807) is 6.20 Å². The lowest BCUT2D eigenvalue weighted by Crippen LogP contribution is -2.43. The maximum Gasteiger partial charge on any atom is 0.140 e. The van der Waals surface area contributed by atoms with Gasteiger partial charge in [-0.2, -0.15) is 0 Å². The summed E-state index contributed by atoms with van der Waals surface area (Å²) in [5, 5.41) is 3.44. The van der Waals surface area contributed by atoms with Crippen molar-refractivity contribution in [3.8, 4) is 0 Å². The van der Waals surface area contributed by atoms with Crippen molar-refractivity contribution in [2.45, 2.75) is 25.3 Å². The highest BCUT2D eigenvalue weighted by Crippen LogP contribution is 2.27. The smallest absolute Gasteiger partial charge is 0.140 e. The molecule has 1 N–H and O–H groups in total. The molecule has 4 heteroatoms. The molecular formula is C11H15BrN2O. The summed E-state index contributed by atoms with van der Waals surface area (Å²) in [5.41, 5.74) is 0.00905. The molecule has 3 nitrogen and oxygen atoms in total. The Kier molecular flexibility index (Phi) is 3.26. The van der Waals surface area contributed by atoms with Gasteiger partial charge in [-0.3, -0.25) is 0 Å². The van der Waals surface area contributed by atoms with E-state index >= 15 is 0 Å². The maximum absolute atomic E-state index is 5.49. The van der Waals surface area contributed by atoms with Gasteiger partial charge in [0.1, 0.15) is 5.82 Å². The molecule has 0 bridgehead atoms. The van der Waals surface area contributed by atoms with Crippen molar-refractivity contribution in [3.05, 3.63) is 22.8 Å². The topological polar surface area (TPSA) is 34.2 Å². The molecule has 1 aromatic heterocycles. The van der Waals surface area contributed by atoms with Crippen LogP contribution >= 0.6 is 15.9 Å². The van der Waals surface area contributed by atoms with Crippen LogP contribution in [0.2, 0.25) is 0 Å². The van der Waals surface area contributed by atoms with Crippen LogP contribution < -0.4 is 5.32 Å². The van der Waals surface area contributed by atoms with E-state index in [9.17, 15) is 0 Å². The maximum atomic E-state index is 5.49. The van der Waals surface area contributed by atoms with Crippen molar-refractivity contribution in [1.82, 2.24) is 4.98 Å². The van der Waals surface area contributed by atoms with Gasteiger partial charge in [0.15, 0.2) is 0 Å². The van der Waals surface area contributed by atoms with Gasteiger partial charge in [-0.25, -0.2) is 4.98 Å². The van der Waals surface area contributed by atoms with Crippen LogP contribution in [0.3, 0.4) is 0 Å². The molecule has 1 saturated heterocycles. The number of hydrogen-bond acceptors (Lipinski definition) is 3. The molecule has 1 unspecified atom stereocenters. The van der Waals surface area contributed by atoms with Gasteiger partial charge in [0, 0.05) is 12.8 Å². The Bertz CT molecular complexity index is 337. The van der Waals surface area contributed by atoms with Gasteiger partial charge < -0.3 is 10.1 Å². The summed E-state index contributed by atoms with van der Waals surface area (Å²) in [5.74, 6) is 0.894. The molecule has 0 aliphatic carbocycles. The summed E-state index contributed by atoms with van der Waals surface area (Å²) < 4.78 is 6.49. The highest BCUT2D eigenvalue weighted by atomic mass is 79.9. The summed E-state index contributed by atoms with van der Waals surface area (Å²) in [6.45, 7) is 3.80. The molecule has 82 valence electrons. The fraction of sp³-hybridized carbons (Fsp3) is 0.545. The SMILES string of the molecule is CC1(Nc2ncccc2Br)CCCOC1. The first kappa shape index (κ1) is 10.9. The largest absolute Gasteiger partial charge is 0.379 e. The molecule has 0 radical (unpaired) electrons. The van der Waals surface area contributed by atoms with Crippen LogP contribution in [0.25, 0.3) is 0 Å². The quantitative estimate of drug-likeness (QED) is 0.898. The summed E-state index contributed by atoms with van der Waals surface area (Å²) in [6.07, 6.45) is 4.02. The lowest BCUT2D eigenvalue weighted by atomic mass is 9.95. The van der Waals surface area contributed by atoms with Crippen LogP contribution in [0.4, 0.5) is 5.82 Å². The fourth-order valence-corrected chi connectivity index (χ4v) is 2.15. The van der Waals surface area contributed by atoms with Gasteiger partial charge in [0.25, 0.3) is 0 Å². The Labute approximate surface area is 98.4 Å². The van der Waals surface area contributed by atoms with E-state index in [4.69, 9.17) is 4.74 Å². The highest BCUT2D eigenvalue weighted by Gasteiger charge is 2.28. The Hall–Kier alpha value is -0.610. The molecule has 1 atom stereocenters. The summed E-state index contributed by atoms with van der Waals surface area (Å²) in [6, 6.07) is 3.90. The van der Waals surface area contributed by atoms with Crippen LogP contribution in [0.15, 0.2) is 22.8 Å². The van der Waals surface area contributed by atoms with Crippen molar-refractivity contribution in [2.75, 3.05) is 18.5 Å². The number of rotatable bonds is 2. The van der Waals surface area contributed by atoms with Gasteiger partial charge in [-0.1, -0.05) is 0 Å². The predicted molar refractivity (Wildman–Crippen MR) is 64.0 cm³/mol. The van der Waals surface area contributed by atoms with E-state index in [0.717, 1.165) is 36.3 Å². The van der Waals surface area contributed by atoms with Crippen LogP contribution in [0, 0.1) is 0 Å². The predicted octanol–water partition coefficient (Wildman–Crippen LogP) is 2.83. The van der Waals surface area contributed by atoms with Gasteiger partial charge in [-0.05, 0) is 47.8 Å². The van der Waals surface area contributed by atoms with Gasteiger partial charge in [-0.15, -0.1) is 0 Å². The first-order valence-electron chi connectivity index (χ1n) is 5.16. The minimum Gasteiger partial charge on any atom is -0.379 e. The molecule has 1 aliphatic rings. The summed E-state index contributed by atoms with van der Waals surface area (Å²) in [4.78, 5) is 4.30. The Balaban J connectivity index is 2.10. The molecule has 0 spiro atoms. The monoisotopic (exact) mass is 270 g/mol. The van der Waals surface area contributed by atoms with E-state index < -0.39 is 0 Å². The fourth-order valence-electron chi connectivity index (χ4n) is 1.80. The Morgan fingerprint density at radius 3 is 3.13 bits per heavy atom. The van der Waals surface area contributed by atoms with Gasteiger partial charge in [0.05, 0.1) is 16.6 Å². The van der Waals surface area contributed by atoms with Crippen molar-refractivity contribution in [3.63, 3.8) is 0 Å². The molecule has 1 aromatic rings. The van der Waals surface area contributed by atoms with Gasteiger partial charge >= 0.3 is 0 Å². The number of nitrogens with one attached hydrogen (secondary N) is 1. The summed E-state index contributed by atoms with van der Waals surface area (Å²) >= 11 is 3.48. The molecule has 2 rings (SSSR count). The normalized spacial score (nSPS) is 26.3. The molecule has 2 heterocycles. The lowest BCUT2D eigenvalue weighted by molar-refractivity contribution is 0.0538. The standard InChI is InChI=1S/C11H15BrN2O/c1-11(5-3-7-15-8-11)14-10-9(12)4-2-6-13-10/h2,4,6H,3,5,7-8H2,1H3,(H,13,14). The van der Waals surface area contributed by atoms with Crippen LogP contribution in [-0.2, 0) is 4.74 Å². The van der Waals surface area contributed by atoms with E-state index in [2.05, 4.69) is 33.2 Å². The van der Waals surface area contributed by atoms with Crippen LogP contribution in [0.1, 0.15) is 19.8 Å². The first-order chi connectivity index (χ1) is 7.20. The molecule has 1 fully saturated rings. The third-order valence-corrected chi connectivity index (χ3v) is 3.26. The second-order valence-electron chi connectivity index (χ2n) is 4.18. The van der Waals surface area contributed by atoms with E-state index in [-0.39, 0.29) is 5.54 Å². The number of ether oxygens (including phenoxy) is 1. The number of pyridine rings is 1. The minimum atomic E-state index is 0.00905. The van der Waals surface area contributed by atoms with E-state index in [0.29, 0.717) is 0 Å². The Morgan fingerprint density at radius 1 is 1.60 bits per heavy atom. The van der Waals surface area contributed by atoms with E-state index in [1.165, 1.54) is 0 Å². The average Bonchev–Trinajstić information content (AvgIpc) is 2.22. The molecule has 0 aromatic carbocycles. The second-order valence-corrected chi connectivity index (χ2v) is 5.03. The number of nitrogens with zero attached hydrogens (tertiary/aromatic N) is 1. The molecule has 1 aliphatic heterocycles. The molecule has 0 saturated carbocycles. The Morgan fingerprint density at radius 2 is 2.47 bits per heavy atom. The van der Waals surface area contributed by atoms with Crippen molar-refractivity contribution >= 4 is 21.7 Å². The molecular weight excluding hydrogens is 256 g/mol. The lowest BCUT2D eigenvalue weighted by Gasteiger charge is -2.35. The second kappa shape index (κ2) is 4.49. The third kappa shape index (κ3) is 2.69. The zero-order valence-corrected chi connectivity index (χ0v) is 10.4. The average molecular weight is 271 g/mol. The van der Waals surface area contributed by atoms with Crippen LogP contribution in [-0.4, -0.2) is 23.7 Å². The molecule has 15 heavy (non-hydrogen) atoms. The number of halogens is 1. The highest BCUT2D eigenvalue weighted by molar-refractivity contribution is 9.10.